The second kappa shape index (κ2) is 4.69. The molecule has 1 aromatic carbocycles. The molecule has 0 aliphatic heterocycles. The van der Waals surface area contributed by atoms with Crippen molar-refractivity contribution in [3.05, 3.63) is 28.2 Å². The molecule has 0 atom stereocenters. The lowest BCUT2D eigenvalue weighted by Gasteiger charge is -2.19. The minimum absolute atomic E-state index is 0.227. The first-order valence-electron chi connectivity index (χ1n) is 4.60. The number of benzene rings is 1. The molecule has 14 heavy (non-hydrogen) atoms. The SMILES string of the molecule is CC(C)(C)Sc1cc(Br)ccc1CN. The summed E-state index contributed by atoms with van der Waals surface area (Å²) in [6.45, 7) is 7.22. The van der Waals surface area contributed by atoms with Gasteiger partial charge in [0.05, 0.1) is 0 Å². The van der Waals surface area contributed by atoms with Gasteiger partial charge in [0, 0.05) is 20.7 Å². The van der Waals surface area contributed by atoms with Crippen molar-refractivity contribution in [3.63, 3.8) is 0 Å². The fourth-order valence-electron chi connectivity index (χ4n) is 1.12. The Morgan fingerprint density at radius 2 is 2.00 bits per heavy atom. The molecule has 0 aliphatic carbocycles. The van der Waals surface area contributed by atoms with Crippen LogP contribution in [-0.2, 0) is 6.54 Å². The first kappa shape index (κ1) is 12.1. The molecule has 1 rings (SSSR count). The standard InChI is InChI=1S/C11H16BrNS/c1-11(2,3)14-10-6-9(12)5-4-8(10)7-13/h4-6H,7,13H2,1-3H3. The molecule has 78 valence electrons. The summed E-state index contributed by atoms with van der Waals surface area (Å²) in [5, 5.41) is 0. The zero-order valence-corrected chi connectivity index (χ0v) is 11.2. The highest BCUT2D eigenvalue weighted by Crippen LogP contribution is 2.35. The Kier molecular flexibility index (Phi) is 4.04. The van der Waals surface area contributed by atoms with E-state index in [1.54, 1.807) is 0 Å². The second-order valence-corrected chi connectivity index (χ2v) is 6.95. The lowest BCUT2D eigenvalue weighted by atomic mass is 10.2. The highest BCUT2D eigenvalue weighted by atomic mass is 79.9. The third kappa shape index (κ3) is 3.64. The highest BCUT2D eigenvalue weighted by molar-refractivity contribution is 9.10. The molecule has 0 heterocycles. The Morgan fingerprint density at radius 1 is 1.36 bits per heavy atom. The van der Waals surface area contributed by atoms with Crippen LogP contribution in [0.5, 0.6) is 0 Å². The van der Waals surface area contributed by atoms with Crippen molar-refractivity contribution >= 4 is 27.7 Å². The monoisotopic (exact) mass is 273 g/mol. The molecule has 0 aromatic heterocycles. The molecular formula is C11H16BrNS. The number of hydrogen-bond acceptors (Lipinski definition) is 2. The smallest absolute Gasteiger partial charge is 0.0189 e. The van der Waals surface area contributed by atoms with Gasteiger partial charge in [-0.05, 0) is 17.7 Å². The van der Waals surface area contributed by atoms with Gasteiger partial charge < -0.3 is 5.73 Å². The van der Waals surface area contributed by atoms with E-state index in [2.05, 4.69) is 48.8 Å². The van der Waals surface area contributed by atoms with E-state index in [0.717, 1.165) is 4.47 Å². The molecule has 0 unspecified atom stereocenters. The molecule has 2 N–H and O–H groups in total. The van der Waals surface area contributed by atoms with E-state index < -0.39 is 0 Å². The van der Waals surface area contributed by atoms with Crippen LogP contribution < -0.4 is 5.73 Å². The van der Waals surface area contributed by atoms with Crippen LogP contribution in [0.2, 0.25) is 0 Å². The first-order chi connectivity index (χ1) is 6.42. The van der Waals surface area contributed by atoms with E-state index >= 15 is 0 Å². The van der Waals surface area contributed by atoms with Gasteiger partial charge in [-0.1, -0.05) is 42.8 Å². The Balaban J connectivity index is 2.99. The molecular weight excluding hydrogens is 258 g/mol. The van der Waals surface area contributed by atoms with Crippen molar-refractivity contribution in [2.24, 2.45) is 5.73 Å². The van der Waals surface area contributed by atoms with Crippen molar-refractivity contribution in [3.8, 4) is 0 Å². The molecule has 0 saturated carbocycles. The number of halogens is 1. The summed E-state index contributed by atoms with van der Waals surface area (Å²) in [5.41, 5.74) is 6.91. The van der Waals surface area contributed by atoms with E-state index in [9.17, 15) is 0 Å². The zero-order valence-electron chi connectivity index (χ0n) is 8.80. The molecule has 0 spiro atoms. The maximum Gasteiger partial charge on any atom is 0.0189 e. The summed E-state index contributed by atoms with van der Waals surface area (Å²) >= 11 is 5.33. The van der Waals surface area contributed by atoms with Crippen molar-refractivity contribution in [2.75, 3.05) is 0 Å². The molecule has 3 heteroatoms. The maximum absolute atomic E-state index is 5.69. The van der Waals surface area contributed by atoms with Crippen molar-refractivity contribution in [2.45, 2.75) is 37.0 Å². The van der Waals surface area contributed by atoms with Gasteiger partial charge in [-0.15, -0.1) is 11.8 Å². The number of nitrogens with two attached hydrogens (primary N) is 1. The molecule has 0 radical (unpaired) electrons. The minimum Gasteiger partial charge on any atom is -0.326 e. The van der Waals surface area contributed by atoms with E-state index in [1.165, 1.54) is 10.5 Å². The first-order valence-corrected chi connectivity index (χ1v) is 6.21. The summed E-state index contributed by atoms with van der Waals surface area (Å²) in [6.07, 6.45) is 0. The molecule has 0 bridgehead atoms. The van der Waals surface area contributed by atoms with Gasteiger partial charge in [0.2, 0.25) is 0 Å². The molecule has 1 aromatic rings. The van der Waals surface area contributed by atoms with Gasteiger partial charge in [-0.2, -0.15) is 0 Å². The van der Waals surface area contributed by atoms with Gasteiger partial charge in [0.1, 0.15) is 0 Å². The van der Waals surface area contributed by atoms with Crippen LogP contribution in [0.1, 0.15) is 26.3 Å². The largest absolute Gasteiger partial charge is 0.326 e. The van der Waals surface area contributed by atoms with Crippen LogP contribution >= 0.6 is 27.7 Å². The van der Waals surface area contributed by atoms with Crippen LogP contribution in [0.4, 0.5) is 0 Å². The Labute approximate surface area is 98.6 Å². The second-order valence-electron chi connectivity index (χ2n) is 4.17. The Bertz CT molecular complexity index is 318. The summed E-state index contributed by atoms with van der Waals surface area (Å²) < 4.78 is 1.34. The maximum atomic E-state index is 5.69. The molecule has 0 fully saturated rings. The van der Waals surface area contributed by atoms with Crippen LogP contribution in [0.25, 0.3) is 0 Å². The third-order valence-corrected chi connectivity index (χ3v) is 3.37. The Hall–Kier alpha value is 0.01000. The fraction of sp³-hybridized carbons (Fsp3) is 0.455. The van der Waals surface area contributed by atoms with E-state index in [0.29, 0.717) is 6.54 Å². The Morgan fingerprint density at radius 3 is 2.50 bits per heavy atom. The van der Waals surface area contributed by atoms with Gasteiger partial charge in [0.15, 0.2) is 0 Å². The predicted octanol–water partition coefficient (Wildman–Crippen LogP) is 3.80. The van der Waals surface area contributed by atoms with Crippen LogP contribution in [0.3, 0.4) is 0 Å². The average Bonchev–Trinajstić information content (AvgIpc) is 2.01. The third-order valence-electron chi connectivity index (χ3n) is 1.67. The quantitative estimate of drug-likeness (QED) is 0.830. The molecule has 0 amide bonds. The zero-order chi connectivity index (χ0) is 10.8. The summed E-state index contributed by atoms with van der Waals surface area (Å²) in [4.78, 5) is 1.27. The van der Waals surface area contributed by atoms with Crippen molar-refractivity contribution in [1.29, 1.82) is 0 Å². The van der Waals surface area contributed by atoms with Gasteiger partial charge >= 0.3 is 0 Å². The van der Waals surface area contributed by atoms with Crippen LogP contribution in [0.15, 0.2) is 27.6 Å². The lowest BCUT2D eigenvalue weighted by Crippen LogP contribution is -2.08. The molecule has 1 nitrogen and oxygen atoms in total. The van der Waals surface area contributed by atoms with Gasteiger partial charge in [-0.3, -0.25) is 0 Å². The number of hydrogen-bond donors (Lipinski definition) is 1. The lowest BCUT2D eigenvalue weighted by molar-refractivity contribution is 0.801. The normalized spacial score (nSPS) is 11.8. The van der Waals surface area contributed by atoms with Gasteiger partial charge in [0.25, 0.3) is 0 Å². The highest BCUT2D eigenvalue weighted by Gasteiger charge is 2.14. The molecule has 0 saturated heterocycles. The minimum atomic E-state index is 0.227. The van der Waals surface area contributed by atoms with E-state index in [-0.39, 0.29) is 4.75 Å². The van der Waals surface area contributed by atoms with Crippen LogP contribution in [0, 0.1) is 0 Å². The topological polar surface area (TPSA) is 26.0 Å². The summed E-state index contributed by atoms with van der Waals surface area (Å²) in [5.74, 6) is 0. The number of rotatable bonds is 2. The van der Waals surface area contributed by atoms with Crippen LogP contribution in [-0.4, -0.2) is 4.75 Å². The summed E-state index contributed by atoms with van der Waals surface area (Å²) in [7, 11) is 0. The van der Waals surface area contributed by atoms with Crippen molar-refractivity contribution < 1.29 is 0 Å². The fourth-order valence-corrected chi connectivity index (χ4v) is 2.76. The average molecular weight is 274 g/mol. The van der Waals surface area contributed by atoms with Gasteiger partial charge in [-0.25, -0.2) is 0 Å². The molecule has 0 aliphatic rings. The van der Waals surface area contributed by atoms with E-state index in [1.807, 2.05) is 17.8 Å². The predicted molar refractivity (Wildman–Crippen MR) is 67.6 cm³/mol. The summed E-state index contributed by atoms with van der Waals surface area (Å²) in [6, 6.07) is 6.26. The van der Waals surface area contributed by atoms with E-state index in [4.69, 9.17) is 5.73 Å². The number of thioether (sulfide) groups is 1. The van der Waals surface area contributed by atoms with Crippen molar-refractivity contribution in [1.82, 2.24) is 0 Å².